The van der Waals surface area contributed by atoms with E-state index in [-0.39, 0.29) is 24.8 Å². The van der Waals surface area contributed by atoms with Crippen LogP contribution in [0.3, 0.4) is 0 Å². The number of carboxylic acid groups (broad SMARTS) is 1. The predicted octanol–water partition coefficient (Wildman–Crippen LogP) is 0.914. The summed E-state index contributed by atoms with van der Waals surface area (Å²) in [5.41, 5.74) is 0.779. The highest BCUT2D eigenvalue weighted by atomic mass is 32.1. The number of carbonyl (C=O) groups is 2. The number of carbonyl (C=O) groups excluding carboxylic acids is 1. The molecular formula is C14H14N4O4S. The lowest BCUT2D eigenvalue weighted by molar-refractivity contribution is -0.141. The fourth-order valence-electron chi connectivity index (χ4n) is 2.47. The van der Waals surface area contributed by atoms with Crippen molar-refractivity contribution in [3.05, 3.63) is 29.7 Å². The molecule has 2 aromatic rings. The van der Waals surface area contributed by atoms with Gasteiger partial charge in [0.2, 0.25) is 0 Å². The number of hydrogen-bond donors (Lipinski definition) is 1. The molecule has 1 saturated heterocycles. The Bertz CT molecular complexity index is 721. The number of aromatic nitrogens is 3. The van der Waals surface area contributed by atoms with E-state index in [0.29, 0.717) is 10.7 Å². The van der Waals surface area contributed by atoms with Gasteiger partial charge in [0.15, 0.2) is 0 Å². The molecule has 1 amide bonds. The van der Waals surface area contributed by atoms with Crippen LogP contribution in [-0.4, -0.2) is 62.6 Å². The first-order chi connectivity index (χ1) is 11.1. The first-order valence-corrected chi connectivity index (χ1v) is 7.76. The lowest BCUT2D eigenvalue weighted by Crippen LogP contribution is -2.40. The van der Waals surface area contributed by atoms with Crippen LogP contribution >= 0.6 is 11.3 Å². The molecule has 23 heavy (non-hydrogen) atoms. The number of aliphatic carboxylic acids is 1. The number of carboxylic acids is 1. The number of rotatable bonds is 4. The van der Waals surface area contributed by atoms with Crippen molar-refractivity contribution < 1.29 is 19.4 Å². The van der Waals surface area contributed by atoms with Gasteiger partial charge >= 0.3 is 5.97 Å². The Balaban J connectivity index is 1.83. The molecular weight excluding hydrogens is 320 g/mol. The summed E-state index contributed by atoms with van der Waals surface area (Å²) in [5.74, 6) is -1.45. The fourth-order valence-corrected chi connectivity index (χ4v) is 3.23. The predicted molar refractivity (Wildman–Crippen MR) is 81.0 cm³/mol. The van der Waals surface area contributed by atoms with E-state index < -0.39 is 17.9 Å². The summed E-state index contributed by atoms with van der Waals surface area (Å²) >= 11 is 1.27. The monoisotopic (exact) mass is 334 g/mol. The fraction of sp³-hybridized carbons (Fsp3) is 0.357. The van der Waals surface area contributed by atoms with Crippen molar-refractivity contribution in [2.24, 2.45) is 0 Å². The van der Waals surface area contributed by atoms with E-state index in [1.807, 2.05) is 0 Å². The molecule has 0 spiro atoms. The zero-order chi connectivity index (χ0) is 16.4. The zero-order valence-corrected chi connectivity index (χ0v) is 13.1. The maximum atomic E-state index is 12.6. The minimum absolute atomic E-state index is 0.207. The number of likely N-dealkylation sites (tertiary alicyclic amines) is 1. The first kappa shape index (κ1) is 15.5. The van der Waals surface area contributed by atoms with Gasteiger partial charge in [-0.3, -0.25) is 14.8 Å². The average Bonchev–Trinajstić information content (AvgIpc) is 3.22. The second kappa shape index (κ2) is 6.39. The van der Waals surface area contributed by atoms with Crippen LogP contribution in [0.2, 0.25) is 0 Å². The molecule has 1 N–H and O–H groups in total. The van der Waals surface area contributed by atoms with Gasteiger partial charge in [-0.2, -0.15) is 0 Å². The summed E-state index contributed by atoms with van der Waals surface area (Å²) in [6.07, 6.45) is 4.65. The molecule has 0 aliphatic carbocycles. The quantitative estimate of drug-likeness (QED) is 0.886. The zero-order valence-electron chi connectivity index (χ0n) is 12.2. The highest BCUT2D eigenvalue weighted by Crippen LogP contribution is 2.25. The molecule has 0 aromatic carbocycles. The second-order valence-electron chi connectivity index (χ2n) is 5.03. The molecule has 1 aliphatic heterocycles. The molecule has 0 radical (unpaired) electrons. The maximum Gasteiger partial charge on any atom is 0.326 e. The smallest absolute Gasteiger partial charge is 0.326 e. The van der Waals surface area contributed by atoms with Crippen LogP contribution in [0.15, 0.2) is 24.0 Å². The van der Waals surface area contributed by atoms with Gasteiger partial charge in [-0.15, -0.1) is 11.3 Å². The third kappa shape index (κ3) is 3.06. The van der Waals surface area contributed by atoms with Crippen molar-refractivity contribution in [3.63, 3.8) is 0 Å². The number of thiazole rings is 1. The van der Waals surface area contributed by atoms with Gasteiger partial charge in [0, 0.05) is 37.8 Å². The molecule has 8 nitrogen and oxygen atoms in total. The molecule has 3 heterocycles. The molecule has 0 bridgehead atoms. The summed E-state index contributed by atoms with van der Waals surface area (Å²) in [7, 11) is 1.51. The summed E-state index contributed by atoms with van der Waals surface area (Å²) in [6.45, 7) is 0.240. The van der Waals surface area contributed by atoms with Gasteiger partial charge in [-0.25, -0.2) is 9.78 Å². The van der Waals surface area contributed by atoms with Gasteiger partial charge in [0.1, 0.15) is 22.4 Å². The van der Waals surface area contributed by atoms with Crippen LogP contribution in [0, 0.1) is 0 Å². The molecule has 1 aliphatic rings. The minimum atomic E-state index is -1.04. The van der Waals surface area contributed by atoms with E-state index >= 15 is 0 Å². The first-order valence-electron chi connectivity index (χ1n) is 6.88. The largest absolute Gasteiger partial charge is 0.480 e. The van der Waals surface area contributed by atoms with Crippen molar-refractivity contribution >= 4 is 23.2 Å². The highest BCUT2D eigenvalue weighted by Gasteiger charge is 2.40. The van der Waals surface area contributed by atoms with Crippen molar-refractivity contribution in [2.45, 2.75) is 18.6 Å². The van der Waals surface area contributed by atoms with Crippen molar-refractivity contribution in [1.29, 1.82) is 0 Å². The summed E-state index contributed by atoms with van der Waals surface area (Å²) in [6, 6.07) is -0.894. The maximum absolute atomic E-state index is 12.6. The Hall–Kier alpha value is -2.39. The third-order valence-corrected chi connectivity index (χ3v) is 4.51. The van der Waals surface area contributed by atoms with Crippen molar-refractivity contribution in [2.75, 3.05) is 13.7 Å². The highest BCUT2D eigenvalue weighted by molar-refractivity contribution is 7.13. The lowest BCUT2D eigenvalue weighted by atomic mass is 10.2. The summed E-state index contributed by atoms with van der Waals surface area (Å²) < 4.78 is 5.19. The Labute approximate surface area is 135 Å². The summed E-state index contributed by atoms with van der Waals surface area (Å²) in [5, 5.41) is 11.5. The Morgan fingerprint density at radius 3 is 2.91 bits per heavy atom. The van der Waals surface area contributed by atoms with Crippen LogP contribution in [0.5, 0.6) is 0 Å². The molecule has 9 heteroatoms. The number of nitrogens with zero attached hydrogens (tertiary/aromatic N) is 4. The van der Waals surface area contributed by atoms with Crippen molar-refractivity contribution in [3.8, 4) is 10.7 Å². The van der Waals surface area contributed by atoms with Crippen LogP contribution < -0.4 is 0 Å². The number of ether oxygens (including phenoxy) is 1. The van der Waals surface area contributed by atoms with Crippen LogP contribution in [0.1, 0.15) is 16.9 Å². The van der Waals surface area contributed by atoms with Gasteiger partial charge in [-0.1, -0.05) is 0 Å². The van der Waals surface area contributed by atoms with Crippen LogP contribution in [-0.2, 0) is 9.53 Å². The molecule has 3 rings (SSSR count). The molecule has 0 saturated carbocycles. The van der Waals surface area contributed by atoms with E-state index in [2.05, 4.69) is 15.0 Å². The number of hydrogen-bond acceptors (Lipinski definition) is 7. The molecule has 2 unspecified atom stereocenters. The Kier molecular flexibility index (Phi) is 4.30. The number of amides is 1. The second-order valence-corrected chi connectivity index (χ2v) is 5.89. The van der Waals surface area contributed by atoms with E-state index in [4.69, 9.17) is 4.74 Å². The molecule has 1 fully saturated rings. The topological polar surface area (TPSA) is 106 Å². The van der Waals surface area contributed by atoms with Gasteiger partial charge < -0.3 is 14.7 Å². The minimum Gasteiger partial charge on any atom is -0.480 e. The Morgan fingerprint density at radius 2 is 2.26 bits per heavy atom. The SMILES string of the molecule is COC1CC(C(=O)O)N(C(=O)c2csc(-c3cnccn3)n2)C1. The normalized spacial score (nSPS) is 20.7. The number of methoxy groups -OCH3 is 1. The van der Waals surface area contributed by atoms with E-state index in [0.717, 1.165) is 0 Å². The van der Waals surface area contributed by atoms with Gasteiger partial charge in [-0.05, 0) is 0 Å². The van der Waals surface area contributed by atoms with Gasteiger partial charge in [0.25, 0.3) is 5.91 Å². The van der Waals surface area contributed by atoms with Crippen LogP contribution in [0.4, 0.5) is 0 Å². The third-order valence-electron chi connectivity index (χ3n) is 3.65. The van der Waals surface area contributed by atoms with E-state index in [1.54, 1.807) is 24.0 Å². The molecule has 120 valence electrons. The van der Waals surface area contributed by atoms with Crippen molar-refractivity contribution in [1.82, 2.24) is 19.9 Å². The van der Waals surface area contributed by atoms with E-state index in [1.165, 1.54) is 23.3 Å². The van der Waals surface area contributed by atoms with Gasteiger partial charge in [0.05, 0.1) is 12.3 Å². The van der Waals surface area contributed by atoms with Crippen LogP contribution in [0.25, 0.3) is 10.7 Å². The van der Waals surface area contributed by atoms with E-state index in [9.17, 15) is 14.7 Å². The standard InChI is InChI=1S/C14H14N4O4S/c1-22-8-4-11(14(20)21)18(6-8)13(19)10-7-23-12(17-10)9-5-15-2-3-16-9/h2-3,5,7-8,11H,4,6H2,1H3,(H,20,21). The Morgan fingerprint density at radius 1 is 1.43 bits per heavy atom. The summed E-state index contributed by atoms with van der Waals surface area (Å²) in [4.78, 5) is 37.6. The lowest BCUT2D eigenvalue weighted by Gasteiger charge is -2.19. The average molecular weight is 334 g/mol. The molecule has 2 atom stereocenters. The molecule has 2 aromatic heterocycles.